The minimum absolute atomic E-state index is 0.0208. The van der Waals surface area contributed by atoms with E-state index in [2.05, 4.69) is 10.0 Å². The van der Waals surface area contributed by atoms with E-state index >= 15 is 0 Å². The van der Waals surface area contributed by atoms with Crippen LogP contribution in [0.5, 0.6) is 0 Å². The quantitative estimate of drug-likeness (QED) is 0.673. The molecule has 0 unspecified atom stereocenters. The highest BCUT2D eigenvalue weighted by Crippen LogP contribution is 2.24. The maximum atomic E-state index is 12.7. The summed E-state index contributed by atoms with van der Waals surface area (Å²) >= 11 is 0. The summed E-state index contributed by atoms with van der Waals surface area (Å²) in [6, 6.07) is 11.8. The van der Waals surface area contributed by atoms with Crippen LogP contribution in [0.2, 0.25) is 0 Å². The Morgan fingerprint density at radius 2 is 1.57 bits per heavy atom. The zero-order valence-electron chi connectivity index (χ0n) is 16.2. The van der Waals surface area contributed by atoms with Crippen molar-refractivity contribution in [2.45, 2.75) is 41.5 Å². The van der Waals surface area contributed by atoms with Crippen LogP contribution in [0.3, 0.4) is 0 Å². The second-order valence-corrected chi connectivity index (χ2v) is 11.2. The molecule has 1 heterocycles. The highest BCUT2D eigenvalue weighted by Gasteiger charge is 2.29. The minimum Gasteiger partial charge on any atom is -0.322 e. The monoisotopic (exact) mass is 449 g/mol. The largest absolute Gasteiger partial charge is 0.322 e. The van der Waals surface area contributed by atoms with Gasteiger partial charge in [-0.25, -0.2) is 21.6 Å². The number of carbonyl (C=O) groups excluding carboxylic acids is 1. The molecule has 0 bridgehead atoms. The van der Waals surface area contributed by atoms with E-state index in [0.29, 0.717) is 18.8 Å². The predicted molar refractivity (Wildman–Crippen MR) is 112 cm³/mol. The number of nitrogens with one attached hydrogen (secondary N) is 2. The Balaban J connectivity index is 1.52. The molecule has 160 valence electrons. The van der Waals surface area contributed by atoms with Crippen molar-refractivity contribution in [3.63, 3.8) is 0 Å². The van der Waals surface area contributed by atoms with Crippen molar-refractivity contribution >= 4 is 31.6 Å². The normalized spacial score (nSPS) is 17.7. The Labute approximate surface area is 176 Å². The lowest BCUT2D eigenvalue weighted by atomic mass is 10.2. The second kappa shape index (κ2) is 8.10. The van der Waals surface area contributed by atoms with E-state index in [1.165, 1.54) is 40.7 Å². The van der Waals surface area contributed by atoms with Gasteiger partial charge in [-0.1, -0.05) is 12.1 Å². The molecule has 2 fully saturated rings. The van der Waals surface area contributed by atoms with E-state index in [1.54, 1.807) is 12.1 Å². The number of benzene rings is 2. The standard InChI is InChI=1S/C20H23N3O5S2/c24-20(15-5-3-7-18(13-15)29(25,26)22-16-9-10-16)21-17-6-4-8-19(14-17)30(27,28)23-11-1-2-12-23/h3-8,13-14,16,22H,1-2,9-12H2,(H,21,24). The van der Waals surface area contributed by atoms with Crippen LogP contribution in [-0.2, 0) is 20.0 Å². The second-order valence-electron chi connectivity index (χ2n) is 7.52. The van der Waals surface area contributed by atoms with Gasteiger partial charge in [0.2, 0.25) is 20.0 Å². The number of hydrogen-bond acceptors (Lipinski definition) is 5. The fraction of sp³-hybridized carbons (Fsp3) is 0.350. The smallest absolute Gasteiger partial charge is 0.255 e. The van der Waals surface area contributed by atoms with E-state index in [1.807, 2.05) is 0 Å². The van der Waals surface area contributed by atoms with Gasteiger partial charge in [0.1, 0.15) is 0 Å². The fourth-order valence-corrected chi connectivity index (χ4v) is 6.22. The summed E-state index contributed by atoms with van der Waals surface area (Å²) in [7, 11) is -7.28. The molecule has 1 aliphatic carbocycles. The van der Waals surface area contributed by atoms with Crippen LogP contribution in [0.1, 0.15) is 36.0 Å². The van der Waals surface area contributed by atoms with Gasteiger partial charge in [-0.15, -0.1) is 0 Å². The third-order valence-electron chi connectivity index (χ3n) is 5.10. The number of carbonyl (C=O) groups is 1. The van der Waals surface area contributed by atoms with Crippen molar-refractivity contribution in [1.82, 2.24) is 9.03 Å². The lowest BCUT2D eigenvalue weighted by Crippen LogP contribution is -2.28. The zero-order chi connectivity index (χ0) is 21.4. The molecule has 0 aromatic heterocycles. The van der Waals surface area contributed by atoms with Crippen LogP contribution in [0.4, 0.5) is 5.69 Å². The van der Waals surface area contributed by atoms with Gasteiger partial charge >= 0.3 is 0 Å². The van der Waals surface area contributed by atoms with Crippen molar-refractivity contribution < 1.29 is 21.6 Å². The van der Waals surface area contributed by atoms with Crippen molar-refractivity contribution in [2.24, 2.45) is 0 Å². The molecule has 2 aromatic carbocycles. The van der Waals surface area contributed by atoms with Crippen molar-refractivity contribution in [3.05, 3.63) is 54.1 Å². The van der Waals surface area contributed by atoms with Crippen molar-refractivity contribution in [1.29, 1.82) is 0 Å². The summed E-state index contributed by atoms with van der Waals surface area (Å²) in [4.78, 5) is 12.8. The maximum absolute atomic E-state index is 12.7. The Kier molecular flexibility index (Phi) is 5.67. The number of sulfonamides is 2. The predicted octanol–water partition coefficient (Wildman–Crippen LogP) is 2.16. The van der Waals surface area contributed by atoms with E-state index in [4.69, 9.17) is 0 Å². The lowest BCUT2D eigenvalue weighted by Gasteiger charge is -2.16. The summed E-state index contributed by atoms with van der Waals surface area (Å²) in [5.41, 5.74) is 0.492. The average Bonchev–Trinajstić information content (AvgIpc) is 3.34. The van der Waals surface area contributed by atoms with E-state index in [0.717, 1.165) is 25.7 Å². The summed E-state index contributed by atoms with van der Waals surface area (Å²) in [5.74, 6) is -0.519. The third-order valence-corrected chi connectivity index (χ3v) is 8.51. The first-order valence-corrected chi connectivity index (χ1v) is 12.7. The highest BCUT2D eigenvalue weighted by molar-refractivity contribution is 7.89. The van der Waals surface area contributed by atoms with E-state index in [-0.39, 0.29) is 21.4 Å². The minimum atomic E-state index is -3.68. The Hall–Kier alpha value is -2.27. The highest BCUT2D eigenvalue weighted by atomic mass is 32.2. The molecule has 1 aliphatic heterocycles. The molecule has 0 atom stereocenters. The number of anilines is 1. The maximum Gasteiger partial charge on any atom is 0.255 e. The molecule has 1 saturated carbocycles. The SMILES string of the molecule is O=C(Nc1cccc(S(=O)(=O)N2CCCC2)c1)c1cccc(S(=O)(=O)NC2CC2)c1. The molecule has 2 aliphatic rings. The molecule has 30 heavy (non-hydrogen) atoms. The summed E-state index contributed by atoms with van der Waals surface area (Å²) in [5, 5.41) is 2.66. The molecule has 8 nitrogen and oxygen atoms in total. The molecule has 4 rings (SSSR count). The molecule has 2 N–H and O–H groups in total. The van der Waals surface area contributed by atoms with Crippen molar-refractivity contribution in [3.8, 4) is 0 Å². The van der Waals surface area contributed by atoms with Gasteiger partial charge in [0.15, 0.2) is 0 Å². The first-order chi connectivity index (χ1) is 14.3. The first kappa shape index (κ1) is 21.0. The van der Waals surface area contributed by atoms with Gasteiger partial charge in [0, 0.05) is 30.4 Å². The van der Waals surface area contributed by atoms with Gasteiger partial charge in [-0.3, -0.25) is 4.79 Å². The molecule has 0 radical (unpaired) electrons. The first-order valence-electron chi connectivity index (χ1n) is 9.80. The molecular formula is C20H23N3O5S2. The molecule has 1 saturated heterocycles. The Bertz CT molecular complexity index is 1170. The van der Waals surface area contributed by atoms with Crippen LogP contribution in [0, 0.1) is 0 Å². The average molecular weight is 450 g/mol. The van der Waals surface area contributed by atoms with E-state index in [9.17, 15) is 21.6 Å². The number of amides is 1. The van der Waals surface area contributed by atoms with Crippen molar-refractivity contribution in [2.75, 3.05) is 18.4 Å². The fourth-order valence-electron chi connectivity index (χ4n) is 3.31. The van der Waals surface area contributed by atoms with Gasteiger partial charge in [-0.05, 0) is 62.1 Å². The molecule has 0 spiro atoms. The lowest BCUT2D eigenvalue weighted by molar-refractivity contribution is 0.102. The van der Waals surface area contributed by atoms with Gasteiger partial charge in [0.25, 0.3) is 5.91 Å². The molecular weight excluding hydrogens is 426 g/mol. The Morgan fingerprint density at radius 3 is 2.27 bits per heavy atom. The van der Waals surface area contributed by atoms with Crippen LogP contribution >= 0.6 is 0 Å². The molecule has 2 aromatic rings. The van der Waals surface area contributed by atoms with E-state index < -0.39 is 26.0 Å². The van der Waals surface area contributed by atoms with Crippen LogP contribution < -0.4 is 10.0 Å². The molecule has 1 amide bonds. The molecule has 10 heteroatoms. The van der Waals surface area contributed by atoms with Crippen LogP contribution in [-0.4, -0.2) is 46.2 Å². The topological polar surface area (TPSA) is 113 Å². The van der Waals surface area contributed by atoms with Crippen LogP contribution in [0.25, 0.3) is 0 Å². The summed E-state index contributed by atoms with van der Waals surface area (Å²) in [6.45, 7) is 0.990. The van der Waals surface area contributed by atoms with Gasteiger partial charge < -0.3 is 5.32 Å². The third kappa shape index (κ3) is 4.56. The van der Waals surface area contributed by atoms with Gasteiger partial charge in [-0.2, -0.15) is 4.31 Å². The summed E-state index contributed by atoms with van der Waals surface area (Å²) < 4.78 is 54.2. The number of nitrogens with zero attached hydrogens (tertiary/aromatic N) is 1. The number of hydrogen-bond donors (Lipinski definition) is 2. The van der Waals surface area contributed by atoms with Crippen LogP contribution in [0.15, 0.2) is 58.3 Å². The van der Waals surface area contributed by atoms with Gasteiger partial charge in [0.05, 0.1) is 9.79 Å². The Morgan fingerprint density at radius 1 is 0.900 bits per heavy atom. The zero-order valence-corrected chi connectivity index (χ0v) is 17.9. The summed E-state index contributed by atoms with van der Waals surface area (Å²) in [6.07, 6.45) is 3.31. The number of rotatable bonds is 7.